The molecule has 2 N–H and O–H groups in total. The molecule has 0 aliphatic rings. The molecule has 0 bridgehead atoms. The average Bonchev–Trinajstić information content (AvgIpc) is 2.74. The quantitative estimate of drug-likeness (QED) is 0.240. The molecule has 0 radical (unpaired) electrons. The van der Waals surface area contributed by atoms with Gasteiger partial charge in [-0.15, -0.1) is 0 Å². The number of hydrogen-bond acceptors (Lipinski definition) is 2. The molecule has 2 nitrogen and oxygen atoms in total. The molecule has 0 unspecified atom stereocenters. The van der Waals surface area contributed by atoms with E-state index in [9.17, 15) is 0 Å². The van der Waals surface area contributed by atoms with Crippen LogP contribution in [0.3, 0.4) is 0 Å². The second kappa shape index (κ2) is 6.82. The van der Waals surface area contributed by atoms with Crippen molar-refractivity contribution in [3.63, 3.8) is 0 Å². The molecule has 2 heterocycles. The van der Waals surface area contributed by atoms with Crippen LogP contribution in [0, 0.1) is 9.28 Å². The minimum absolute atomic E-state index is 0.697. The highest BCUT2D eigenvalue weighted by atomic mass is 32.1. The van der Waals surface area contributed by atoms with Crippen molar-refractivity contribution in [2.45, 2.75) is 0 Å². The second-order valence-corrected chi connectivity index (χ2v) is 7.62. The van der Waals surface area contributed by atoms with Crippen molar-refractivity contribution in [3.05, 3.63) is 94.2 Å². The van der Waals surface area contributed by atoms with Crippen LogP contribution in [-0.4, -0.2) is 9.97 Å². The number of nitrogens with one attached hydrogen (secondary N) is 2. The molecule has 3 aromatic carbocycles. The van der Waals surface area contributed by atoms with Crippen molar-refractivity contribution in [2.24, 2.45) is 0 Å². The molecular weight excluding hydrogens is 380 g/mol. The molecular formula is C24H16N2S2. The number of H-pyrrole nitrogens is 2. The zero-order valence-electron chi connectivity index (χ0n) is 14.9. The van der Waals surface area contributed by atoms with Gasteiger partial charge in [0.25, 0.3) is 0 Å². The Bertz CT molecular complexity index is 1320. The fourth-order valence-electron chi connectivity index (χ4n) is 3.76. The summed E-state index contributed by atoms with van der Waals surface area (Å²) in [5.41, 5.74) is 6.48. The van der Waals surface area contributed by atoms with Gasteiger partial charge in [-0.05, 0) is 34.4 Å². The summed E-state index contributed by atoms with van der Waals surface area (Å²) in [5.74, 6) is 0. The van der Waals surface area contributed by atoms with Gasteiger partial charge in [0.05, 0.1) is 11.0 Å². The fourth-order valence-corrected chi connectivity index (χ4v) is 4.20. The molecule has 5 rings (SSSR count). The largest absolute Gasteiger partial charge is 0.344 e. The van der Waals surface area contributed by atoms with E-state index >= 15 is 0 Å². The lowest BCUT2D eigenvalue weighted by atomic mass is 9.96. The average molecular weight is 397 g/mol. The van der Waals surface area contributed by atoms with Gasteiger partial charge in [0, 0.05) is 10.8 Å². The number of aromatic amines is 2. The topological polar surface area (TPSA) is 31.6 Å². The molecule has 0 fully saturated rings. The highest BCUT2D eigenvalue weighted by Crippen LogP contribution is 2.35. The van der Waals surface area contributed by atoms with Gasteiger partial charge in [-0.1, -0.05) is 97.2 Å². The first-order chi connectivity index (χ1) is 13.7. The van der Waals surface area contributed by atoms with E-state index in [0.29, 0.717) is 9.28 Å². The Balaban J connectivity index is 1.92. The number of aromatic nitrogens is 2. The highest BCUT2D eigenvalue weighted by Gasteiger charge is 2.11. The first-order valence-electron chi connectivity index (χ1n) is 9.04. The first-order valence-corrected chi connectivity index (χ1v) is 9.86. The number of rotatable bonds is 2. The van der Waals surface area contributed by atoms with Crippen LogP contribution >= 0.6 is 24.4 Å². The Morgan fingerprint density at radius 3 is 1.29 bits per heavy atom. The van der Waals surface area contributed by atoms with Gasteiger partial charge in [-0.3, -0.25) is 0 Å². The molecule has 0 atom stereocenters. The van der Waals surface area contributed by atoms with E-state index in [1.807, 2.05) is 48.5 Å². The fraction of sp³-hybridized carbons (Fsp3) is 0. The summed E-state index contributed by atoms with van der Waals surface area (Å²) in [4.78, 5) is 6.77. The standard InChI is InChI=1S/C24H16N2S2/c27-21-13-19(15-7-3-1-4-8-15)17-11-12-18-20(16-9-5-2-6-10-16)14-22(28)26-24(18)23(17)25-21/h1-14H,(H,25,27)(H,26,28). The van der Waals surface area contributed by atoms with Crippen molar-refractivity contribution in [2.75, 3.05) is 0 Å². The van der Waals surface area contributed by atoms with E-state index < -0.39 is 0 Å². The van der Waals surface area contributed by atoms with Crippen LogP contribution in [0.4, 0.5) is 0 Å². The summed E-state index contributed by atoms with van der Waals surface area (Å²) in [6, 6.07) is 29.0. The second-order valence-electron chi connectivity index (χ2n) is 6.74. The lowest BCUT2D eigenvalue weighted by molar-refractivity contribution is 1.34. The molecule has 0 aliphatic heterocycles. The Hall–Kier alpha value is -3.08. The zero-order valence-corrected chi connectivity index (χ0v) is 16.5. The van der Waals surface area contributed by atoms with Crippen molar-refractivity contribution in [1.29, 1.82) is 0 Å². The molecule has 0 spiro atoms. The Morgan fingerprint density at radius 1 is 0.500 bits per heavy atom. The number of pyridine rings is 2. The minimum Gasteiger partial charge on any atom is -0.344 e. The van der Waals surface area contributed by atoms with Gasteiger partial charge in [0.1, 0.15) is 9.28 Å². The van der Waals surface area contributed by atoms with Crippen molar-refractivity contribution in [1.82, 2.24) is 9.97 Å². The molecule has 28 heavy (non-hydrogen) atoms. The van der Waals surface area contributed by atoms with Crippen LogP contribution in [0.2, 0.25) is 0 Å². The van der Waals surface area contributed by atoms with E-state index in [-0.39, 0.29) is 0 Å². The van der Waals surface area contributed by atoms with E-state index in [0.717, 1.165) is 44.1 Å². The number of benzene rings is 3. The maximum atomic E-state index is 5.55. The highest BCUT2D eigenvalue weighted by molar-refractivity contribution is 7.71. The molecule has 0 amide bonds. The van der Waals surface area contributed by atoms with Crippen LogP contribution in [0.5, 0.6) is 0 Å². The summed E-state index contributed by atoms with van der Waals surface area (Å²) >= 11 is 11.1. The predicted molar refractivity (Wildman–Crippen MR) is 123 cm³/mol. The predicted octanol–water partition coefficient (Wildman–Crippen LogP) is 7.44. The van der Waals surface area contributed by atoms with Gasteiger partial charge < -0.3 is 9.97 Å². The Kier molecular flexibility index (Phi) is 4.15. The normalized spacial score (nSPS) is 11.1. The maximum Gasteiger partial charge on any atom is 0.104 e. The third kappa shape index (κ3) is 2.87. The summed E-state index contributed by atoms with van der Waals surface area (Å²) in [5, 5.41) is 2.23. The van der Waals surface area contributed by atoms with E-state index in [1.54, 1.807) is 0 Å². The van der Waals surface area contributed by atoms with Crippen LogP contribution in [0.25, 0.3) is 44.1 Å². The van der Waals surface area contributed by atoms with Crippen molar-refractivity contribution >= 4 is 46.2 Å². The zero-order chi connectivity index (χ0) is 19.1. The third-order valence-corrected chi connectivity index (χ3v) is 5.44. The minimum atomic E-state index is 0.697. The third-order valence-electron chi connectivity index (χ3n) is 5.00. The number of hydrogen-bond donors (Lipinski definition) is 2. The van der Waals surface area contributed by atoms with Crippen LogP contribution in [-0.2, 0) is 0 Å². The van der Waals surface area contributed by atoms with Crippen LogP contribution < -0.4 is 0 Å². The van der Waals surface area contributed by atoms with Crippen LogP contribution in [0.1, 0.15) is 0 Å². The smallest absolute Gasteiger partial charge is 0.104 e. The molecule has 5 aromatic rings. The van der Waals surface area contributed by atoms with Gasteiger partial charge in [0.15, 0.2) is 0 Å². The SMILES string of the molecule is S=c1cc(-c2ccccc2)c2ccc3c(-c4ccccc4)cc(=S)[nH]c3c2[nH]1. The molecule has 0 saturated heterocycles. The Labute approximate surface area is 172 Å². The summed E-state index contributed by atoms with van der Waals surface area (Å²) in [7, 11) is 0. The summed E-state index contributed by atoms with van der Waals surface area (Å²) in [6.07, 6.45) is 0. The van der Waals surface area contributed by atoms with E-state index in [1.165, 1.54) is 0 Å². The first kappa shape index (κ1) is 17.0. The van der Waals surface area contributed by atoms with Gasteiger partial charge in [-0.2, -0.15) is 0 Å². The van der Waals surface area contributed by atoms with Crippen LogP contribution in [0.15, 0.2) is 84.9 Å². The monoisotopic (exact) mass is 396 g/mol. The summed E-state index contributed by atoms with van der Waals surface area (Å²) < 4.78 is 1.39. The van der Waals surface area contributed by atoms with Crippen molar-refractivity contribution in [3.8, 4) is 22.3 Å². The van der Waals surface area contributed by atoms with Gasteiger partial charge in [-0.25, -0.2) is 0 Å². The molecule has 0 aliphatic carbocycles. The molecule has 4 heteroatoms. The lowest BCUT2D eigenvalue weighted by Gasteiger charge is -2.13. The van der Waals surface area contributed by atoms with Crippen molar-refractivity contribution < 1.29 is 0 Å². The van der Waals surface area contributed by atoms with E-state index in [4.69, 9.17) is 24.4 Å². The van der Waals surface area contributed by atoms with Gasteiger partial charge in [0.2, 0.25) is 0 Å². The Morgan fingerprint density at radius 2 is 0.893 bits per heavy atom. The van der Waals surface area contributed by atoms with E-state index in [2.05, 4.69) is 46.4 Å². The lowest BCUT2D eigenvalue weighted by Crippen LogP contribution is -1.92. The molecule has 134 valence electrons. The van der Waals surface area contributed by atoms with Gasteiger partial charge >= 0.3 is 0 Å². The summed E-state index contributed by atoms with van der Waals surface area (Å²) in [6.45, 7) is 0. The molecule has 2 aromatic heterocycles. The number of fused-ring (bicyclic) bond motifs is 3. The maximum absolute atomic E-state index is 5.55. The molecule has 0 saturated carbocycles.